The van der Waals surface area contributed by atoms with Crippen molar-refractivity contribution in [3.8, 4) is 0 Å². The van der Waals surface area contributed by atoms with E-state index in [2.05, 4.69) is 9.47 Å². The van der Waals surface area contributed by atoms with Crippen LogP contribution in [0.3, 0.4) is 0 Å². The Kier molecular flexibility index (Phi) is 5.02. The second-order valence-corrected chi connectivity index (χ2v) is 3.21. The second kappa shape index (κ2) is 5.32. The lowest BCUT2D eigenvalue weighted by Gasteiger charge is -2.23. The van der Waals surface area contributed by atoms with Gasteiger partial charge in [0.1, 0.15) is 6.04 Å². The molecule has 0 saturated heterocycles. The molecule has 2 atom stereocenters. The summed E-state index contributed by atoms with van der Waals surface area (Å²) in [5.74, 6) is -1.11. The van der Waals surface area contributed by atoms with Crippen LogP contribution < -0.4 is 5.73 Å². The van der Waals surface area contributed by atoms with E-state index < -0.39 is 30.4 Å². The van der Waals surface area contributed by atoms with Gasteiger partial charge in [0, 0.05) is 7.11 Å². The lowest BCUT2D eigenvalue weighted by Crippen LogP contribution is -2.52. The zero-order valence-electron chi connectivity index (χ0n) is 8.67. The molecule has 4 nitrogen and oxygen atoms in total. The van der Waals surface area contributed by atoms with E-state index in [9.17, 15) is 18.0 Å². The number of alkyl halides is 3. The highest BCUT2D eigenvalue weighted by atomic mass is 19.4. The first-order valence-electron chi connectivity index (χ1n) is 4.25. The van der Waals surface area contributed by atoms with E-state index in [0.29, 0.717) is 0 Å². The molecule has 0 aromatic heterocycles. The van der Waals surface area contributed by atoms with Crippen molar-refractivity contribution in [1.82, 2.24) is 0 Å². The normalized spacial score (nSPS) is 16.3. The van der Waals surface area contributed by atoms with Crippen LogP contribution in [0.2, 0.25) is 0 Å². The Labute approximate surface area is 85.5 Å². The third-order valence-corrected chi connectivity index (χ3v) is 1.54. The average Bonchev–Trinajstić information content (AvgIpc) is 2.01. The van der Waals surface area contributed by atoms with Gasteiger partial charge >= 0.3 is 12.1 Å². The molecule has 90 valence electrons. The molecule has 0 heterocycles. The number of hydrogen-bond donors (Lipinski definition) is 1. The van der Waals surface area contributed by atoms with Gasteiger partial charge < -0.3 is 15.2 Å². The summed E-state index contributed by atoms with van der Waals surface area (Å²) in [6.45, 7) is 3.04. The van der Waals surface area contributed by atoms with E-state index >= 15 is 0 Å². The van der Waals surface area contributed by atoms with Crippen molar-refractivity contribution in [1.29, 1.82) is 0 Å². The summed E-state index contributed by atoms with van der Waals surface area (Å²) in [5, 5.41) is 0. The number of carbonyl (C=O) groups excluding carboxylic acids is 1. The molecule has 0 amide bonds. The molecule has 0 saturated carbocycles. The zero-order valence-corrected chi connectivity index (χ0v) is 8.67. The largest absolute Gasteiger partial charge is 0.461 e. The Morgan fingerprint density at radius 3 is 2.07 bits per heavy atom. The van der Waals surface area contributed by atoms with Crippen LogP contribution in [0, 0.1) is 0 Å². The molecule has 0 rings (SSSR count). The topological polar surface area (TPSA) is 61.5 Å². The highest BCUT2D eigenvalue weighted by Crippen LogP contribution is 2.22. The van der Waals surface area contributed by atoms with Crippen LogP contribution >= 0.6 is 0 Å². The molecule has 15 heavy (non-hydrogen) atoms. The molecule has 0 aromatic carbocycles. The Morgan fingerprint density at radius 2 is 1.80 bits per heavy atom. The summed E-state index contributed by atoms with van der Waals surface area (Å²) in [5.41, 5.74) is 4.83. The fraction of sp³-hybridized carbons (Fsp3) is 0.875. The third-order valence-electron chi connectivity index (χ3n) is 1.54. The SMILES string of the molecule is CO[C@@H](C(=O)OC(C)C)[C@@H](N)C(F)(F)F. The van der Waals surface area contributed by atoms with Crippen LogP contribution in [0.25, 0.3) is 0 Å². The monoisotopic (exact) mass is 229 g/mol. The zero-order chi connectivity index (χ0) is 12.2. The first-order chi connectivity index (χ1) is 6.70. The molecule has 0 unspecified atom stereocenters. The maximum absolute atomic E-state index is 12.2. The molecule has 2 N–H and O–H groups in total. The van der Waals surface area contributed by atoms with E-state index in [1.807, 2.05) is 0 Å². The van der Waals surface area contributed by atoms with Crippen LogP contribution in [0.1, 0.15) is 13.8 Å². The molecule has 0 aliphatic carbocycles. The predicted octanol–water partition coefficient (Wildman–Crippen LogP) is 0.843. The standard InChI is InChI=1S/C8H14F3NO3/c1-4(2)15-7(13)5(14-3)6(12)8(9,10)11/h4-6H,12H2,1-3H3/t5-,6-/m1/s1. The molecule has 0 aliphatic rings. The number of halogens is 3. The molecule has 0 spiro atoms. The van der Waals surface area contributed by atoms with Gasteiger partial charge in [0.05, 0.1) is 6.10 Å². The number of methoxy groups -OCH3 is 1. The number of nitrogens with two attached hydrogens (primary N) is 1. The van der Waals surface area contributed by atoms with E-state index in [0.717, 1.165) is 7.11 Å². The molecule has 0 radical (unpaired) electrons. The van der Waals surface area contributed by atoms with Gasteiger partial charge in [-0.1, -0.05) is 0 Å². The minimum absolute atomic E-state index is 0.518. The fourth-order valence-corrected chi connectivity index (χ4v) is 0.860. The summed E-state index contributed by atoms with van der Waals surface area (Å²) < 4.78 is 45.5. The minimum Gasteiger partial charge on any atom is -0.461 e. The number of hydrogen-bond acceptors (Lipinski definition) is 4. The predicted molar refractivity (Wildman–Crippen MR) is 46.1 cm³/mol. The van der Waals surface area contributed by atoms with E-state index in [-0.39, 0.29) is 0 Å². The Bertz CT molecular complexity index is 218. The van der Waals surface area contributed by atoms with Crippen LogP contribution in [-0.4, -0.2) is 37.5 Å². The Balaban J connectivity index is 4.55. The fourth-order valence-electron chi connectivity index (χ4n) is 0.860. The van der Waals surface area contributed by atoms with Gasteiger partial charge in [0.25, 0.3) is 0 Å². The van der Waals surface area contributed by atoms with E-state index in [1.165, 1.54) is 13.8 Å². The number of esters is 1. The van der Waals surface area contributed by atoms with Crippen LogP contribution in [0.5, 0.6) is 0 Å². The van der Waals surface area contributed by atoms with Crippen molar-refractivity contribution >= 4 is 5.97 Å². The van der Waals surface area contributed by atoms with Crippen molar-refractivity contribution < 1.29 is 27.4 Å². The summed E-state index contributed by atoms with van der Waals surface area (Å²) in [7, 11) is 0.970. The van der Waals surface area contributed by atoms with Crippen molar-refractivity contribution in [2.24, 2.45) is 5.73 Å². The highest BCUT2D eigenvalue weighted by Gasteiger charge is 2.46. The number of carbonyl (C=O) groups is 1. The quantitative estimate of drug-likeness (QED) is 0.726. The Hall–Kier alpha value is -0.820. The second-order valence-electron chi connectivity index (χ2n) is 3.21. The number of rotatable bonds is 4. The maximum Gasteiger partial charge on any atom is 0.406 e. The van der Waals surface area contributed by atoms with Gasteiger partial charge in [0.2, 0.25) is 0 Å². The molecular weight excluding hydrogens is 215 g/mol. The molecule has 7 heteroatoms. The number of ether oxygens (including phenoxy) is 2. The lowest BCUT2D eigenvalue weighted by molar-refractivity contribution is -0.191. The van der Waals surface area contributed by atoms with Gasteiger partial charge in [-0.15, -0.1) is 0 Å². The Morgan fingerprint density at radius 1 is 1.33 bits per heavy atom. The highest BCUT2D eigenvalue weighted by molar-refractivity contribution is 5.76. The minimum atomic E-state index is -4.70. The molecule has 0 aromatic rings. The van der Waals surface area contributed by atoms with Crippen molar-refractivity contribution in [2.75, 3.05) is 7.11 Å². The molecule has 0 aliphatic heterocycles. The molecule has 0 fully saturated rings. The van der Waals surface area contributed by atoms with E-state index in [1.54, 1.807) is 0 Å². The summed E-state index contributed by atoms with van der Waals surface area (Å²) >= 11 is 0. The summed E-state index contributed by atoms with van der Waals surface area (Å²) in [6, 6.07) is -2.38. The van der Waals surface area contributed by atoms with Crippen molar-refractivity contribution in [3.05, 3.63) is 0 Å². The summed E-state index contributed by atoms with van der Waals surface area (Å²) in [4.78, 5) is 11.1. The first kappa shape index (κ1) is 14.2. The average molecular weight is 229 g/mol. The van der Waals surface area contributed by atoms with Crippen molar-refractivity contribution in [3.63, 3.8) is 0 Å². The first-order valence-corrected chi connectivity index (χ1v) is 4.25. The van der Waals surface area contributed by atoms with Crippen LogP contribution in [0.4, 0.5) is 13.2 Å². The van der Waals surface area contributed by atoms with Gasteiger partial charge in [-0.25, -0.2) is 4.79 Å². The van der Waals surface area contributed by atoms with Gasteiger partial charge in [-0.3, -0.25) is 0 Å². The van der Waals surface area contributed by atoms with Crippen LogP contribution in [-0.2, 0) is 14.3 Å². The lowest BCUT2D eigenvalue weighted by atomic mass is 10.1. The van der Waals surface area contributed by atoms with Gasteiger partial charge in [-0.2, -0.15) is 13.2 Å². The summed E-state index contributed by atoms with van der Waals surface area (Å²) in [6.07, 6.45) is -7.04. The molecule has 0 bridgehead atoms. The van der Waals surface area contributed by atoms with Crippen LogP contribution in [0.15, 0.2) is 0 Å². The van der Waals surface area contributed by atoms with Crippen molar-refractivity contribution in [2.45, 2.75) is 38.3 Å². The third kappa shape index (κ3) is 4.48. The van der Waals surface area contributed by atoms with Gasteiger partial charge in [-0.05, 0) is 13.8 Å². The smallest absolute Gasteiger partial charge is 0.406 e. The molecular formula is C8H14F3NO3. The van der Waals surface area contributed by atoms with Gasteiger partial charge in [0.15, 0.2) is 6.10 Å². The maximum atomic E-state index is 12.2. The van der Waals surface area contributed by atoms with E-state index in [4.69, 9.17) is 5.73 Å².